The minimum atomic E-state index is -5.09. The Hall–Kier alpha value is -2.06. The Labute approximate surface area is 226 Å². The van der Waals surface area contributed by atoms with Gasteiger partial charge in [0.25, 0.3) is 0 Å². The van der Waals surface area contributed by atoms with Crippen molar-refractivity contribution in [2.45, 2.75) is 0 Å². The van der Waals surface area contributed by atoms with Gasteiger partial charge in [0.15, 0.2) is 0 Å². The first-order valence-corrected chi connectivity index (χ1v) is 17.5. The van der Waals surface area contributed by atoms with Crippen molar-refractivity contribution in [1.29, 1.82) is 31.6 Å². The summed E-state index contributed by atoms with van der Waals surface area (Å²) in [6.07, 6.45) is 0. The van der Waals surface area contributed by atoms with E-state index in [1.54, 1.807) is 0 Å². The predicted molar refractivity (Wildman–Crippen MR) is 41.9 cm³/mol. The monoisotopic (exact) mass is 829 g/mol. The van der Waals surface area contributed by atoms with Crippen LogP contribution < -0.4 is 25.1 Å². The normalized spacial score (nSPS) is 9.73. The molecule has 0 aromatic rings. The van der Waals surface area contributed by atoms with Crippen molar-refractivity contribution in [2.24, 2.45) is 0 Å². The molecule has 0 radical (unpaired) electrons. The maximum absolute atomic E-state index is 9.14. The Kier molecular flexibility index (Phi) is 32.2. The van der Waals surface area contributed by atoms with Crippen LogP contribution in [0.4, 0.5) is 0 Å². The van der Waals surface area contributed by atoms with E-state index in [0.717, 1.165) is 0 Å². The van der Waals surface area contributed by atoms with Gasteiger partial charge in [-0.15, -0.1) is 0 Å². The molecule has 0 aliphatic heterocycles. The largest absolute Gasteiger partial charge is 6.00 e. The van der Waals surface area contributed by atoms with Crippen molar-refractivity contribution in [1.82, 2.24) is 0 Å². The third-order valence-corrected chi connectivity index (χ3v) is 2.56. The van der Waals surface area contributed by atoms with Gasteiger partial charge in [0.1, 0.15) is 0 Å². The van der Waals surface area contributed by atoms with E-state index in [-0.39, 0.29) is 17.1 Å². The molecule has 31 heteroatoms. The second-order valence-corrected chi connectivity index (χ2v) is 12.5. The summed E-state index contributed by atoms with van der Waals surface area (Å²) in [6, 6.07) is 0. The smallest absolute Gasteiger partial charge is 6.00 e. The van der Waals surface area contributed by atoms with E-state index < -0.39 is 78.2 Å². The Morgan fingerprint density at radius 1 is 0.297 bits per heavy atom. The third-order valence-electron chi connectivity index (χ3n) is 0.621. The summed E-state index contributed by atoms with van der Waals surface area (Å²) in [7, 11) is 0. The SMILES string of the molecule is N#[C][Mn](=[O])(=[O])[O-].N#[C][Mn](=[O])(=[O])[O-].N#[C][Mn](=[O])(=[O])[O-].N#[C][Mn](=[O])(=[O])[O-].N#[C][Mn](=[O])(=[O])[O-].N#[C][Mn](=[O])(=[O])[O-].[Fe+6]. The van der Waals surface area contributed by atoms with Crippen LogP contribution in [0.15, 0.2) is 0 Å². The van der Waals surface area contributed by atoms with Gasteiger partial charge >= 0.3 is 228 Å². The van der Waals surface area contributed by atoms with Gasteiger partial charge in [-0.05, 0) is 0 Å². The average molecular weight is 830 g/mol. The standard InChI is InChI=1S/6CN.Fe.6Mn.18O/c6*1-2;;;;;;;;;;;;;;;;;;;;;;;;;/q;;;;;;+6;;;;;;;;;;;;;;;;;;;6*-1. The summed E-state index contributed by atoms with van der Waals surface area (Å²) in [6.45, 7) is 0. The van der Waals surface area contributed by atoms with Crippen LogP contribution in [0.1, 0.15) is 0 Å². The molecule has 0 unspecified atom stereocenters. The second kappa shape index (κ2) is 23.1. The fourth-order valence-electron chi connectivity index (χ4n) is 0. The van der Waals surface area contributed by atoms with Crippen LogP contribution in [-0.2, 0) is 141 Å². The molecule has 0 rings (SSSR count). The first-order chi connectivity index (χ1) is 15.4. The van der Waals surface area contributed by atoms with E-state index >= 15 is 0 Å². The zero-order valence-electron chi connectivity index (χ0n) is 15.7. The fourth-order valence-corrected chi connectivity index (χ4v) is 0. The molecule has 0 aliphatic rings. The van der Waals surface area contributed by atoms with Crippen LogP contribution >= 0.6 is 0 Å². The van der Waals surface area contributed by atoms with Gasteiger partial charge in [0.05, 0.1) is 0 Å². The van der Waals surface area contributed by atoms with E-state index in [2.05, 4.69) is 0 Å². The molecule has 0 bridgehead atoms. The summed E-state index contributed by atoms with van der Waals surface area (Å²) in [5.74, 6) is 0. The molecule has 0 fully saturated rings. The molecule has 0 heterocycles. The maximum atomic E-state index is 9.14. The van der Waals surface area contributed by atoms with Gasteiger partial charge < -0.3 is 0 Å². The molecule has 0 saturated heterocycles. The molecular formula is C6FeMn6N6O18. The quantitative estimate of drug-likeness (QED) is 0.205. The van der Waals surface area contributed by atoms with Gasteiger partial charge in [-0.25, -0.2) is 0 Å². The first-order valence-electron chi connectivity index (χ1n) is 5.25. The van der Waals surface area contributed by atoms with E-state index in [0.29, 0.717) is 29.8 Å². The number of hydrogen-bond donors (Lipinski definition) is 0. The van der Waals surface area contributed by atoms with Crippen molar-refractivity contribution in [3.63, 3.8) is 0 Å². The average Bonchev–Trinajstić information content (AvgIpc) is 2.67. The van der Waals surface area contributed by atoms with Crippen molar-refractivity contribution in [3.8, 4) is 29.8 Å². The summed E-state index contributed by atoms with van der Waals surface area (Å²) < 4.78 is 165. The topological polar surface area (TPSA) is 486 Å². The summed E-state index contributed by atoms with van der Waals surface area (Å²) in [4.78, 5) is 3.47. The van der Waals surface area contributed by atoms with E-state index in [1.807, 2.05) is 0 Å². The van der Waals surface area contributed by atoms with Crippen LogP contribution in [0.25, 0.3) is 0 Å². The molecule has 0 aromatic carbocycles. The summed E-state index contributed by atoms with van der Waals surface area (Å²) in [5, 5.41) is 43.7. The van der Waals surface area contributed by atoms with E-state index in [1.165, 1.54) is 0 Å². The predicted octanol–water partition coefficient (Wildman–Crippen LogP) is -8.48. The van der Waals surface area contributed by atoms with Crippen LogP contribution in [0.2, 0.25) is 0 Å². The van der Waals surface area contributed by atoms with Gasteiger partial charge in [0, 0.05) is 0 Å². The number of rotatable bonds is 0. The van der Waals surface area contributed by atoms with Crippen LogP contribution in [-0.4, -0.2) is 0 Å². The van der Waals surface area contributed by atoms with Crippen molar-refractivity contribution in [2.75, 3.05) is 0 Å². The zero-order chi connectivity index (χ0) is 31.2. The first kappa shape index (κ1) is 51.6. The molecule has 212 valence electrons. The number of hydrogen-bond acceptors (Lipinski definition) is 24. The Morgan fingerprint density at radius 3 is 0.324 bits per heavy atom. The second-order valence-electron chi connectivity index (χ2n) is 3.03. The van der Waals surface area contributed by atoms with Crippen molar-refractivity contribution >= 4 is 0 Å². The molecule has 0 N–H and O–H groups in total. The number of nitrogens with zero attached hydrogens (tertiary/aromatic N) is 6. The zero-order valence-corrected chi connectivity index (χ0v) is 23.8. The minimum absolute atomic E-state index is 0. The Balaban J connectivity index is -0.0000000581. The summed E-state index contributed by atoms with van der Waals surface area (Å²) in [5.41, 5.74) is 0. The molecule has 37 heavy (non-hydrogen) atoms. The minimum Gasteiger partial charge on any atom is 6.00 e. The Bertz CT molecular complexity index is 1290. The third kappa shape index (κ3) is 136. The molecule has 0 spiro atoms. The van der Waals surface area contributed by atoms with Gasteiger partial charge in [-0.1, -0.05) is 0 Å². The van der Waals surface area contributed by atoms with Crippen LogP contribution in [0, 0.1) is 61.4 Å². The maximum Gasteiger partial charge on any atom is 6.00 e. The Morgan fingerprint density at radius 2 is 0.324 bits per heavy atom. The van der Waals surface area contributed by atoms with Crippen molar-refractivity contribution in [3.05, 3.63) is 0 Å². The summed E-state index contributed by atoms with van der Waals surface area (Å²) >= 11 is -30.5. The molecule has 0 atom stereocenters. The van der Waals surface area contributed by atoms with Gasteiger partial charge in [-0.3, -0.25) is 0 Å². The molecular weight excluding hydrogens is 830 g/mol. The molecule has 24 nitrogen and oxygen atoms in total. The molecule has 0 aromatic heterocycles. The molecule has 0 saturated carbocycles. The molecule has 0 amide bonds. The number of nitriles is 6. The molecule has 0 aliphatic carbocycles. The van der Waals surface area contributed by atoms with Gasteiger partial charge in [0.2, 0.25) is 0 Å². The van der Waals surface area contributed by atoms with E-state index in [4.69, 9.17) is 103 Å². The van der Waals surface area contributed by atoms with E-state index in [9.17, 15) is 0 Å². The van der Waals surface area contributed by atoms with Crippen LogP contribution in [0.3, 0.4) is 0 Å². The van der Waals surface area contributed by atoms with Crippen molar-refractivity contribution < 1.29 is 166 Å². The fraction of sp³-hybridized carbons (Fsp3) is 0. The van der Waals surface area contributed by atoms with Gasteiger partial charge in [-0.2, -0.15) is 0 Å². The van der Waals surface area contributed by atoms with Crippen LogP contribution in [0.5, 0.6) is 0 Å².